The van der Waals surface area contributed by atoms with E-state index in [0.717, 1.165) is 36.1 Å². The van der Waals surface area contributed by atoms with Crippen molar-refractivity contribution in [3.63, 3.8) is 0 Å². The summed E-state index contributed by atoms with van der Waals surface area (Å²) in [6.45, 7) is 10.7. The van der Waals surface area contributed by atoms with E-state index in [1.807, 2.05) is 26.0 Å². The molecule has 4 nitrogen and oxygen atoms in total. The van der Waals surface area contributed by atoms with Gasteiger partial charge in [-0.05, 0) is 48.8 Å². The molecule has 1 heterocycles. The normalized spacial score (nSPS) is 26.1. The monoisotopic (exact) mass is 414 g/mol. The number of ether oxygens (including phenoxy) is 1. The molecule has 0 aromatic heterocycles. The maximum atomic E-state index is 11.5. The van der Waals surface area contributed by atoms with Crippen LogP contribution in [0.4, 0.5) is 0 Å². The first-order chi connectivity index (χ1) is 14.3. The Kier molecular flexibility index (Phi) is 6.54. The van der Waals surface area contributed by atoms with Gasteiger partial charge in [-0.25, -0.2) is 4.79 Å². The number of aromatic hydroxyl groups is 1. The number of carboxylic acid groups (broad SMARTS) is 1. The molecule has 1 aromatic carbocycles. The van der Waals surface area contributed by atoms with Crippen LogP contribution in [0, 0.1) is 5.41 Å². The van der Waals surface area contributed by atoms with Crippen LogP contribution in [0.2, 0.25) is 0 Å². The van der Waals surface area contributed by atoms with Gasteiger partial charge < -0.3 is 14.9 Å². The molecule has 30 heavy (non-hydrogen) atoms. The van der Waals surface area contributed by atoms with Crippen LogP contribution < -0.4 is 4.74 Å². The molecule has 1 unspecified atom stereocenters. The summed E-state index contributed by atoms with van der Waals surface area (Å²) >= 11 is 0. The molecule has 0 radical (unpaired) electrons. The predicted octanol–water partition coefficient (Wildman–Crippen LogP) is 6.71. The van der Waals surface area contributed by atoms with Gasteiger partial charge in [0.05, 0.1) is 0 Å². The van der Waals surface area contributed by atoms with Crippen molar-refractivity contribution in [2.24, 2.45) is 5.41 Å². The molecule has 0 saturated heterocycles. The second kappa shape index (κ2) is 8.64. The molecule has 2 N–H and O–H groups in total. The van der Waals surface area contributed by atoms with Gasteiger partial charge in [0.25, 0.3) is 0 Å². The second-order valence-electron chi connectivity index (χ2n) is 9.64. The van der Waals surface area contributed by atoms with Crippen LogP contribution in [0.1, 0.15) is 103 Å². The third-order valence-electron chi connectivity index (χ3n) is 7.34. The Bertz CT molecular complexity index is 823. The number of unbranched alkanes of at least 4 members (excludes halogenated alkanes) is 3. The van der Waals surface area contributed by atoms with Crippen LogP contribution in [-0.4, -0.2) is 22.3 Å². The highest BCUT2D eigenvalue weighted by atomic mass is 16.5. The van der Waals surface area contributed by atoms with Gasteiger partial charge in [-0.1, -0.05) is 66.4 Å². The van der Waals surface area contributed by atoms with E-state index >= 15 is 0 Å². The van der Waals surface area contributed by atoms with Gasteiger partial charge in [0.2, 0.25) is 0 Å². The standard InChI is InChI=1S/C24H32O4.C2H6/c1-4-5-6-7-9-23(2,3)16-12-18(25)21-17-11-15(22(26)27)8-10-24(17)14-20(24)28-19(21)13-16;1-2/h8,12-13,17,20,25H,4-7,9-11,14H2,1-3H3,(H,26,27);1-2H3/t17-,20?,24-;/m0./s1. The average molecular weight is 415 g/mol. The largest absolute Gasteiger partial charge is 0.508 e. The molecule has 1 aliphatic heterocycles. The van der Waals surface area contributed by atoms with Crippen LogP contribution in [0.5, 0.6) is 11.5 Å². The van der Waals surface area contributed by atoms with E-state index < -0.39 is 5.97 Å². The molecule has 0 bridgehead atoms. The molecular formula is C26H38O4. The van der Waals surface area contributed by atoms with Gasteiger partial charge in [-0.2, -0.15) is 0 Å². The van der Waals surface area contributed by atoms with Crippen LogP contribution in [0.25, 0.3) is 0 Å². The SMILES string of the molecule is CC.CCCCCCC(C)(C)c1cc(O)c2c(c1)OC1C[C@]13CC=C(C(=O)O)C[C@@H]23. The zero-order valence-electron chi connectivity index (χ0n) is 19.3. The van der Waals surface area contributed by atoms with E-state index in [9.17, 15) is 15.0 Å². The van der Waals surface area contributed by atoms with Crippen molar-refractivity contribution in [2.75, 3.05) is 0 Å². The lowest BCUT2D eigenvalue weighted by Crippen LogP contribution is -2.30. The van der Waals surface area contributed by atoms with E-state index in [1.54, 1.807) is 0 Å². The maximum Gasteiger partial charge on any atom is 0.331 e. The van der Waals surface area contributed by atoms with Gasteiger partial charge in [-0.15, -0.1) is 0 Å². The van der Waals surface area contributed by atoms with Crippen molar-refractivity contribution in [2.45, 2.75) is 103 Å². The first-order valence-corrected chi connectivity index (χ1v) is 11.7. The van der Waals surface area contributed by atoms with Crippen molar-refractivity contribution in [1.29, 1.82) is 0 Å². The Morgan fingerprint density at radius 3 is 2.63 bits per heavy atom. The molecule has 4 rings (SSSR count). The highest BCUT2D eigenvalue weighted by molar-refractivity contribution is 5.87. The molecule has 2 aliphatic carbocycles. The van der Waals surface area contributed by atoms with Gasteiger partial charge in [0.15, 0.2) is 0 Å². The summed E-state index contributed by atoms with van der Waals surface area (Å²) in [6, 6.07) is 4.01. The molecule has 166 valence electrons. The molecular weight excluding hydrogens is 376 g/mol. The smallest absolute Gasteiger partial charge is 0.331 e. The highest BCUT2D eigenvalue weighted by Gasteiger charge is 2.65. The minimum Gasteiger partial charge on any atom is -0.508 e. The maximum absolute atomic E-state index is 11.5. The highest BCUT2D eigenvalue weighted by Crippen LogP contribution is 2.69. The fourth-order valence-corrected chi connectivity index (χ4v) is 5.29. The van der Waals surface area contributed by atoms with Crippen molar-refractivity contribution in [1.82, 2.24) is 0 Å². The number of aliphatic carboxylic acids is 1. The van der Waals surface area contributed by atoms with E-state index in [1.165, 1.54) is 25.7 Å². The number of hydrogen-bond donors (Lipinski definition) is 2. The topological polar surface area (TPSA) is 66.8 Å². The molecule has 4 heteroatoms. The van der Waals surface area contributed by atoms with Crippen LogP contribution in [0.3, 0.4) is 0 Å². The zero-order chi connectivity index (χ0) is 22.1. The molecule has 1 fully saturated rings. The van der Waals surface area contributed by atoms with E-state index in [2.05, 4.69) is 26.8 Å². The summed E-state index contributed by atoms with van der Waals surface area (Å²) in [6.07, 6.45) is 10.2. The molecule has 1 spiro atoms. The lowest BCUT2D eigenvalue weighted by molar-refractivity contribution is -0.133. The Morgan fingerprint density at radius 2 is 1.97 bits per heavy atom. The van der Waals surface area contributed by atoms with E-state index in [4.69, 9.17) is 4.74 Å². The number of rotatable bonds is 7. The Labute approximate surface area is 181 Å². The van der Waals surface area contributed by atoms with Gasteiger partial charge in [0.1, 0.15) is 17.6 Å². The number of phenols is 1. The third kappa shape index (κ3) is 3.98. The van der Waals surface area contributed by atoms with Gasteiger partial charge in [-0.3, -0.25) is 0 Å². The number of fused-ring (bicyclic) bond motifs is 2. The quantitative estimate of drug-likeness (QED) is 0.487. The fraction of sp³-hybridized carbons (Fsp3) is 0.654. The Morgan fingerprint density at radius 1 is 1.23 bits per heavy atom. The summed E-state index contributed by atoms with van der Waals surface area (Å²) < 4.78 is 6.28. The van der Waals surface area contributed by atoms with E-state index in [0.29, 0.717) is 12.0 Å². The Balaban J connectivity index is 0.00000124. The van der Waals surface area contributed by atoms with Crippen molar-refractivity contribution < 1.29 is 19.7 Å². The van der Waals surface area contributed by atoms with Crippen LogP contribution in [0.15, 0.2) is 23.8 Å². The number of carbonyl (C=O) groups is 1. The van der Waals surface area contributed by atoms with Crippen molar-refractivity contribution in [3.05, 3.63) is 34.9 Å². The number of carboxylic acids is 1. The summed E-state index contributed by atoms with van der Waals surface area (Å²) in [7, 11) is 0. The number of hydrogen-bond acceptors (Lipinski definition) is 3. The molecule has 0 amide bonds. The van der Waals surface area contributed by atoms with Gasteiger partial charge in [0, 0.05) is 22.5 Å². The first kappa shape index (κ1) is 22.7. The fourth-order valence-electron chi connectivity index (χ4n) is 5.29. The number of benzene rings is 1. The van der Waals surface area contributed by atoms with Crippen molar-refractivity contribution in [3.8, 4) is 11.5 Å². The summed E-state index contributed by atoms with van der Waals surface area (Å²) in [5.74, 6) is 0.241. The predicted molar refractivity (Wildman–Crippen MR) is 120 cm³/mol. The lowest BCUT2D eigenvalue weighted by atomic mass is 9.70. The lowest BCUT2D eigenvalue weighted by Gasteiger charge is -2.37. The van der Waals surface area contributed by atoms with E-state index in [-0.39, 0.29) is 28.6 Å². The molecule has 1 aromatic rings. The molecule has 3 aliphatic rings. The number of phenolic OH excluding ortho intramolecular Hbond substituents is 1. The zero-order valence-corrected chi connectivity index (χ0v) is 19.3. The minimum absolute atomic E-state index is 0.0133. The van der Waals surface area contributed by atoms with Crippen molar-refractivity contribution >= 4 is 5.97 Å². The van der Waals surface area contributed by atoms with Gasteiger partial charge >= 0.3 is 5.97 Å². The van der Waals surface area contributed by atoms with Crippen LogP contribution >= 0.6 is 0 Å². The second-order valence-corrected chi connectivity index (χ2v) is 9.64. The number of allylic oxidation sites excluding steroid dienone is 1. The third-order valence-corrected chi connectivity index (χ3v) is 7.34. The summed E-state index contributed by atoms with van der Waals surface area (Å²) in [5, 5.41) is 20.4. The van der Waals surface area contributed by atoms with Crippen LogP contribution in [-0.2, 0) is 10.2 Å². The Hall–Kier alpha value is -1.97. The molecule has 1 saturated carbocycles. The minimum atomic E-state index is -0.843. The first-order valence-electron chi connectivity index (χ1n) is 11.7. The summed E-state index contributed by atoms with van der Waals surface area (Å²) in [5.41, 5.74) is 2.36. The average Bonchev–Trinajstić information content (AvgIpc) is 3.42. The molecule has 3 atom stereocenters. The summed E-state index contributed by atoms with van der Waals surface area (Å²) in [4.78, 5) is 11.5.